The topological polar surface area (TPSA) is 102 Å². The first-order valence-corrected chi connectivity index (χ1v) is 10.9. The van der Waals surface area contributed by atoms with Gasteiger partial charge in [-0.3, -0.25) is 19.7 Å². The second-order valence-corrected chi connectivity index (χ2v) is 8.63. The van der Waals surface area contributed by atoms with Crippen LogP contribution in [0.3, 0.4) is 0 Å². The lowest BCUT2D eigenvalue weighted by Crippen LogP contribution is -2.31. The van der Waals surface area contributed by atoms with Crippen LogP contribution in [-0.2, 0) is 16.0 Å². The number of anilines is 2. The number of benzene rings is 2. The second kappa shape index (κ2) is 8.98. The van der Waals surface area contributed by atoms with Crippen LogP contribution in [0.4, 0.5) is 17.1 Å². The smallest absolute Gasteiger partial charge is 0.294 e. The molecule has 0 unspecified atom stereocenters. The molecule has 4 rings (SSSR count). The van der Waals surface area contributed by atoms with Crippen molar-refractivity contribution in [1.82, 2.24) is 0 Å². The molecule has 2 aromatic rings. The summed E-state index contributed by atoms with van der Waals surface area (Å²) >= 11 is 0. The van der Waals surface area contributed by atoms with E-state index in [1.807, 2.05) is 24.3 Å². The average molecular weight is 437 g/mol. The first-order chi connectivity index (χ1) is 15.4. The van der Waals surface area contributed by atoms with Crippen LogP contribution in [0, 0.1) is 27.9 Å². The number of amides is 2. The molecule has 0 spiro atoms. The monoisotopic (exact) mass is 437 g/mol. The van der Waals surface area contributed by atoms with Gasteiger partial charge in [0, 0.05) is 12.6 Å². The van der Waals surface area contributed by atoms with E-state index in [4.69, 9.17) is 4.74 Å². The maximum atomic E-state index is 12.9. The van der Waals surface area contributed by atoms with E-state index in [-0.39, 0.29) is 35.0 Å². The fourth-order valence-corrected chi connectivity index (χ4v) is 4.74. The molecule has 1 aliphatic heterocycles. The van der Waals surface area contributed by atoms with Gasteiger partial charge in [-0.05, 0) is 61.4 Å². The molecule has 1 saturated heterocycles. The number of nitrogens with zero attached hydrogens (tertiary/aromatic N) is 2. The van der Waals surface area contributed by atoms with Gasteiger partial charge in [-0.1, -0.05) is 19.1 Å². The second-order valence-electron chi connectivity index (χ2n) is 8.63. The van der Waals surface area contributed by atoms with Crippen molar-refractivity contribution in [2.45, 2.75) is 32.6 Å². The summed E-state index contributed by atoms with van der Waals surface area (Å²) < 4.78 is 5.15. The molecule has 1 N–H and O–H groups in total. The van der Waals surface area contributed by atoms with Crippen molar-refractivity contribution in [2.75, 3.05) is 23.9 Å². The van der Waals surface area contributed by atoms with Crippen molar-refractivity contribution in [2.24, 2.45) is 17.8 Å². The number of hydrogen-bond donors (Lipinski definition) is 1. The number of nitro benzene ring substituents is 1. The van der Waals surface area contributed by atoms with Crippen molar-refractivity contribution in [3.63, 3.8) is 0 Å². The zero-order valence-corrected chi connectivity index (χ0v) is 18.2. The van der Waals surface area contributed by atoms with E-state index >= 15 is 0 Å². The van der Waals surface area contributed by atoms with E-state index in [9.17, 15) is 19.7 Å². The summed E-state index contributed by atoms with van der Waals surface area (Å²) in [6.07, 6.45) is 2.98. The Bertz CT molecular complexity index is 1040. The number of rotatable bonds is 7. The lowest BCUT2D eigenvalue weighted by Gasteiger charge is -2.25. The SMILES string of the molecule is COc1ccc(CCNc2ccc(N3C(=O)[C@@H]4CC[C@H](C)C[C@H]4C3=O)cc2[N+](=O)[O-])cc1. The summed E-state index contributed by atoms with van der Waals surface area (Å²) in [6.45, 7) is 2.59. The van der Waals surface area contributed by atoms with Gasteiger partial charge in [-0.15, -0.1) is 0 Å². The van der Waals surface area contributed by atoms with Crippen molar-refractivity contribution in [1.29, 1.82) is 0 Å². The zero-order chi connectivity index (χ0) is 22.8. The summed E-state index contributed by atoms with van der Waals surface area (Å²) in [7, 11) is 1.61. The highest BCUT2D eigenvalue weighted by Gasteiger charge is 2.50. The third kappa shape index (κ3) is 4.17. The molecule has 32 heavy (non-hydrogen) atoms. The standard InChI is InChI=1S/C24H27N3O5/c1-15-3-9-19-20(13-15)24(29)26(23(19)28)17-6-10-21(22(14-17)27(30)31)25-12-11-16-4-7-18(32-2)8-5-16/h4-8,10,14-15,19-20,25H,3,9,11-13H2,1-2H3/t15-,19+,20+/m0/s1. The third-order valence-corrected chi connectivity index (χ3v) is 6.51. The summed E-state index contributed by atoms with van der Waals surface area (Å²) in [5.41, 5.74) is 1.55. The van der Waals surface area contributed by atoms with Crippen molar-refractivity contribution >= 4 is 28.9 Å². The van der Waals surface area contributed by atoms with Crippen LogP contribution in [-0.4, -0.2) is 30.4 Å². The highest BCUT2D eigenvalue weighted by atomic mass is 16.6. The number of nitrogens with one attached hydrogen (secondary N) is 1. The van der Waals surface area contributed by atoms with Crippen LogP contribution in [0.1, 0.15) is 31.7 Å². The first kappa shape index (κ1) is 21.8. The minimum Gasteiger partial charge on any atom is -0.497 e. The Morgan fingerprint density at radius 2 is 1.81 bits per heavy atom. The van der Waals surface area contributed by atoms with Crippen LogP contribution < -0.4 is 15.0 Å². The van der Waals surface area contributed by atoms with Crippen molar-refractivity contribution in [3.05, 3.63) is 58.1 Å². The Morgan fingerprint density at radius 1 is 1.09 bits per heavy atom. The van der Waals surface area contributed by atoms with Crippen LogP contribution >= 0.6 is 0 Å². The minimum absolute atomic E-state index is 0.152. The van der Waals surface area contributed by atoms with Gasteiger partial charge < -0.3 is 10.1 Å². The molecule has 8 nitrogen and oxygen atoms in total. The average Bonchev–Trinajstić information content (AvgIpc) is 3.03. The number of carbonyl (C=O) groups is 2. The van der Waals surface area contributed by atoms with Crippen LogP contribution in [0.25, 0.3) is 0 Å². The number of methoxy groups -OCH3 is 1. The van der Waals surface area contributed by atoms with Gasteiger partial charge >= 0.3 is 0 Å². The van der Waals surface area contributed by atoms with Gasteiger partial charge in [0.15, 0.2) is 0 Å². The minimum atomic E-state index is -0.487. The Labute approximate surface area is 186 Å². The lowest BCUT2D eigenvalue weighted by atomic mass is 9.76. The Balaban J connectivity index is 1.49. The number of ether oxygens (including phenoxy) is 1. The molecule has 2 fully saturated rings. The molecule has 2 amide bonds. The van der Waals surface area contributed by atoms with Gasteiger partial charge in [-0.2, -0.15) is 0 Å². The fourth-order valence-electron chi connectivity index (χ4n) is 4.74. The van der Waals surface area contributed by atoms with Gasteiger partial charge in [0.05, 0.1) is 29.6 Å². The van der Waals surface area contributed by atoms with Gasteiger partial charge in [0.25, 0.3) is 5.69 Å². The first-order valence-electron chi connectivity index (χ1n) is 10.9. The number of fused-ring (bicyclic) bond motifs is 1. The highest BCUT2D eigenvalue weighted by Crippen LogP contribution is 2.43. The molecular weight excluding hydrogens is 410 g/mol. The summed E-state index contributed by atoms with van der Waals surface area (Å²) in [4.78, 5) is 38.2. The Hall–Kier alpha value is -3.42. The van der Waals surface area contributed by atoms with E-state index in [0.717, 1.165) is 22.6 Å². The maximum absolute atomic E-state index is 12.9. The van der Waals surface area contributed by atoms with Gasteiger partial charge in [-0.25, -0.2) is 4.90 Å². The molecule has 8 heteroatoms. The largest absolute Gasteiger partial charge is 0.497 e. The molecule has 3 atom stereocenters. The molecule has 168 valence electrons. The summed E-state index contributed by atoms with van der Waals surface area (Å²) in [6, 6.07) is 12.1. The summed E-state index contributed by atoms with van der Waals surface area (Å²) in [5.74, 6) is 0.0861. The Morgan fingerprint density at radius 3 is 2.50 bits per heavy atom. The number of hydrogen-bond acceptors (Lipinski definition) is 6. The predicted octanol–water partition coefficient (Wildman–Crippen LogP) is 4.18. The predicted molar refractivity (Wildman–Crippen MR) is 121 cm³/mol. The number of nitro groups is 1. The van der Waals surface area contributed by atoms with Crippen LogP contribution in [0.5, 0.6) is 5.75 Å². The van der Waals surface area contributed by atoms with Crippen LogP contribution in [0.2, 0.25) is 0 Å². The molecule has 0 radical (unpaired) electrons. The van der Waals surface area contributed by atoms with Crippen molar-refractivity contribution in [3.8, 4) is 5.75 Å². The van der Waals surface area contributed by atoms with Crippen LogP contribution in [0.15, 0.2) is 42.5 Å². The van der Waals surface area contributed by atoms with E-state index in [1.54, 1.807) is 19.2 Å². The lowest BCUT2D eigenvalue weighted by molar-refractivity contribution is -0.383. The van der Waals surface area contributed by atoms with Crippen molar-refractivity contribution < 1.29 is 19.2 Å². The van der Waals surface area contributed by atoms with Gasteiger partial charge in [0.1, 0.15) is 11.4 Å². The molecule has 0 bridgehead atoms. The maximum Gasteiger partial charge on any atom is 0.294 e. The molecule has 1 saturated carbocycles. The fraction of sp³-hybridized carbons (Fsp3) is 0.417. The molecule has 2 aliphatic rings. The molecule has 1 aliphatic carbocycles. The third-order valence-electron chi connectivity index (χ3n) is 6.51. The number of carbonyl (C=O) groups excluding carboxylic acids is 2. The zero-order valence-electron chi connectivity index (χ0n) is 18.2. The van der Waals surface area contributed by atoms with E-state index in [0.29, 0.717) is 37.4 Å². The highest BCUT2D eigenvalue weighted by molar-refractivity contribution is 6.22. The molecule has 0 aromatic heterocycles. The molecule has 2 aromatic carbocycles. The van der Waals surface area contributed by atoms with E-state index in [2.05, 4.69) is 12.2 Å². The summed E-state index contributed by atoms with van der Waals surface area (Å²) in [5, 5.41) is 14.8. The molecule has 1 heterocycles. The number of imide groups is 1. The Kier molecular flexibility index (Phi) is 6.12. The van der Waals surface area contributed by atoms with E-state index in [1.165, 1.54) is 6.07 Å². The van der Waals surface area contributed by atoms with E-state index < -0.39 is 4.92 Å². The quantitative estimate of drug-likeness (QED) is 0.396. The normalized spacial score (nSPS) is 22.6. The molecular formula is C24H27N3O5. The van der Waals surface area contributed by atoms with Gasteiger partial charge in [0.2, 0.25) is 11.8 Å².